The summed E-state index contributed by atoms with van der Waals surface area (Å²) >= 11 is 0. The highest BCUT2D eigenvalue weighted by molar-refractivity contribution is 5.97. The predicted molar refractivity (Wildman–Crippen MR) is 197 cm³/mol. The van der Waals surface area contributed by atoms with Crippen molar-refractivity contribution in [2.75, 3.05) is 64.6 Å². The van der Waals surface area contributed by atoms with E-state index in [0.29, 0.717) is 38.2 Å². The minimum atomic E-state index is -0.746. The maximum atomic E-state index is 14.3. The normalized spacial score (nSPS) is 27.4. The standard InChI is InChI=1S/C40H51N5O6/c1-26(30-13-12-28-8-4-5-9-31(28)22-30)36(39(48)44-20-18-42(19-21-44)33-10-6-7-11-35(33)50-3)41-25-51-27(2)34-23-32(46)24-45(34)40(49)37-38(47)29-14-16-43(37)17-15-29/h4-13,22,27,29,32,34,36-38,41,46-47H,1,14-21,23-25H2,2-3H3/t27-,32+,34-,36-,37?,38?/m0/s1. The van der Waals surface area contributed by atoms with E-state index in [2.05, 4.69) is 39.9 Å². The van der Waals surface area contributed by atoms with E-state index in [1.165, 1.54) is 0 Å². The lowest BCUT2D eigenvalue weighted by atomic mass is 9.80. The molecule has 2 unspecified atom stereocenters. The highest BCUT2D eigenvalue weighted by atomic mass is 16.5. The van der Waals surface area contributed by atoms with Crippen LogP contribution in [0.15, 0.2) is 73.3 Å². The molecule has 5 aliphatic rings. The zero-order chi connectivity index (χ0) is 35.6. The van der Waals surface area contributed by atoms with Gasteiger partial charge in [-0.15, -0.1) is 0 Å². The Balaban J connectivity index is 1.04. The van der Waals surface area contributed by atoms with Crippen molar-refractivity contribution < 1.29 is 29.3 Å². The van der Waals surface area contributed by atoms with Gasteiger partial charge in [0.15, 0.2) is 0 Å². The molecular formula is C40H51N5O6. The van der Waals surface area contributed by atoms with Crippen molar-refractivity contribution >= 4 is 33.8 Å². The van der Waals surface area contributed by atoms with Gasteiger partial charge in [-0.2, -0.15) is 0 Å². The van der Waals surface area contributed by atoms with Crippen LogP contribution in [0.5, 0.6) is 5.75 Å². The zero-order valence-electron chi connectivity index (χ0n) is 29.7. The fourth-order valence-corrected chi connectivity index (χ4v) is 8.56. The number of nitrogens with one attached hydrogen (secondary N) is 1. The molecule has 5 aliphatic heterocycles. The Labute approximate surface area is 300 Å². The maximum Gasteiger partial charge on any atom is 0.244 e. The summed E-state index contributed by atoms with van der Waals surface area (Å²) in [6, 6.07) is 20.5. The van der Waals surface area contributed by atoms with Crippen LogP contribution in [0.4, 0.5) is 5.69 Å². The molecule has 2 amide bonds. The van der Waals surface area contributed by atoms with Gasteiger partial charge in [-0.25, -0.2) is 0 Å². The van der Waals surface area contributed by atoms with Crippen molar-refractivity contribution in [3.05, 3.63) is 78.9 Å². The number of piperazine rings is 1. The number of nitrogens with zero attached hydrogens (tertiary/aromatic N) is 4. The minimum Gasteiger partial charge on any atom is -0.495 e. The molecule has 11 nitrogen and oxygen atoms in total. The molecule has 51 heavy (non-hydrogen) atoms. The van der Waals surface area contributed by atoms with E-state index < -0.39 is 30.4 Å². The van der Waals surface area contributed by atoms with E-state index in [0.717, 1.165) is 53.7 Å². The number of methoxy groups -OCH3 is 1. The molecule has 3 aromatic carbocycles. The number of carbonyl (C=O) groups is 2. The second-order valence-electron chi connectivity index (χ2n) is 14.5. The van der Waals surface area contributed by atoms with E-state index in [1.807, 2.05) is 60.4 Å². The summed E-state index contributed by atoms with van der Waals surface area (Å²) in [6.07, 6.45) is 0.416. The SMILES string of the molecule is C=C(c1ccc2ccccc2c1)[C@H](NCO[C@@H](C)[C@@H]1C[C@@H](O)CN1C(=O)C1C(O)C2CCN1CC2)C(=O)N1CCN(c2ccccc2OC)CC1. The van der Waals surface area contributed by atoms with Crippen molar-refractivity contribution in [3.8, 4) is 5.75 Å². The molecule has 8 rings (SSSR count). The molecule has 3 N–H and O–H groups in total. The van der Waals surface area contributed by atoms with Crippen LogP contribution in [0.3, 0.4) is 0 Å². The number of likely N-dealkylation sites (tertiary alicyclic amines) is 1. The lowest BCUT2D eigenvalue weighted by Crippen LogP contribution is -2.64. The Bertz CT molecular complexity index is 1720. The number of aliphatic hydroxyl groups excluding tert-OH is 2. The second kappa shape index (κ2) is 15.3. The van der Waals surface area contributed by atoms with Gasteiger partial charge < -0.3 is 34.4 Å². The van der Waals surface area contributed by atoms with Crippen LogP contribution in [-0.4, -0.2) is 133 Å². The van der Waals surface area contributed by atoms with E-state index in [-0.39, 0.29) is 37.0 Å². The number of piperidine rings is 3. The van der Waals surface area contributed by atoms with Crippen molar-refractivity contribution in [3.63, 3.8) is 0 Å². The van der Waals surface area contributed by atoms with Crippen molar-refractivity contribution in [2.24, 2.45) is 5.92 Å². The number of rotatable bonds is 11. The second-order valence-corrected chi connectivity index (χ2v) is 14.5. The summed E-state index contributed by atoms with van der Waals surface area (Å²) < 4.78 is 11.9. The molecule has 5 fully saturated rings. The molecule has 5 saturated heterocycles. The smallest absolute Gasteiger partial charge is 0.244 e. The first-order valence-electron chi connectivity index (χ1n) is 18.3. The maximum absolute atomic E-state index is 14.3. The molecule has 11 heteroatoms. The number of amides is 2. The van der Waals surface area contributed by atoms with E-state index in [4.69, 9.17) is 9.47 Å². The third kappa shape index (κ3) is 7.23. The summed E-state index contributed by atoms with van der Waals surface area (Å²) in [7, 11) is 1.67. The van der Waals surface area contributed by atoms with Crippen LogP contribution in [0.2, 0.25) is 0 Å². The van der Waals surface area contributed by atoms with Gasteiger partial charge in [0.2, 0.25) is 11.8 Å². The fourth-order valence-electron chi connectivity index (χ4n) is 8.56. The third-order valence-electron chi connectivity index (χ3n) is 11.5. The first-order valence-corrected chi connectivity index (χ1v) is 18.3. The predicted octanol–water partition coefficient (Wildman–Crippen LogP) is 2.95. The van der Waals surface area contributed by atoms with Crippen LogP contribution < -0.4 is 15.0 Å². The number of benzene rings is 3. The Morgan fingerprint density at radius 2 is 1.65 bits per heavy atom. The van der Waals surface area contributed by atoms with Gasteiger partial charge in [0.05, 0.1) is 43.9 Å². The Morgan fingerprint density at radius 3 is 2.37 bits per heavy atom. The quantitative estimate of drug-likeness (QED) is 0.260. The van der Waals surface area contributed by atoms with Crippen molar-refractivity contribution in [1.29, 1.82) is 0 Å². The highest BCUT2D eigenvalue weighted by Crippen LogP contribution is 2.35. The van der Waals surface area contributed by atoms with E-state index in [1.54, 1.807) is 12.0 Å². The summed E-state index contributed by atoms with van der Waals surface area (Å²) in [5, 5.41) is 27.2. The molecule has 6 atom stereocenters. The molecular weight excluding hydrogens is 646 g/mol. The molecule has 3 aromatic rings. The van der Waals surface area contributed by atoms with Crippen LogP contribution in [0.1, 0.15) is 31.7 Å². The van der Waals surface area contributed by atoms with E-state index >= 15 is 0 Å². The van der Waals surface area contributed by atoms with Crippen LogP contribution >= 0.6 is 0 Å². The number of β-amino-alcohol motifs (C(OH)–C–C–N with tert-alkyl or cyclic N) is 1. The largest absolute Gasteiger partial charge is 0.495 e. The Morgan fingerprint density at radius 1 is 0.941 bits per heavy atom. The molecule has 0 saturated carbocycles. The average Bonchev–Trinajstić information content (AvgIpc) is 3.57. The molecule has 0 radical (unpaired) electrons. The molecule has 272 valence electrons. The number of hydrogen-bond donors (Lipinski definition) is 3. The van der Waals surface area contributed by atoms with Crippen LogP contribution in [0, 0.1) is 5.92 Å². The number of para-hydroxylation sites is 2. The van der Waals surface area contributed by atoms with Crippen molar-refractivity contribution in [2.45, 2.75) is 62.6 Å². The monoisotopic (exact) mass is 697 g/mol. The lowest BCUT2D eigenvalue weighted by Gasteiger charge is -2.49. The average molecular weight is 698 g/mol. The molecule has 0 spiro atoms. The van der Waals surface area contributed by atoms with Crippen LogP contribution in [0.25, 0.3) is 16.3 Å². The number of aliphatic hydroxyl groups is 2. The number of carbonyl (C=O) groups excluding carboxylic acids is 2. The van der Waals surface area contributed by atoms with E-state index in [9.17, 15) is 19.8 Å². The Hall–Kier alpha value is -4.00. The molecule has 0 aliphatic carbocycles. The van der Waals surface area contributed by atoms with Gasteiger partial charge >= 0.3 is 0 Å². The minimum absolute atomic E-state index is 0.0419. The third-order valence-corrected chi connectivity index (χ3v) is 11.5. The van der Waals surface area contributed by atoms with Crippen molar-refractivity contribution in [1.82, 2.24) is 20.0 Å². The molecule has 5 heterocycles. The summed E-state index contributed by atoms with van der Waals surface area (Å²) in [4.78, 5) is 36.1. The van der Waals surface area contributed by atoms with Gasteiger partial charge in [0.25, 0.3) is 0 Å². The van der Waals surface area contributed by atoms with Gasteiger partial charge in [-0.05, 0) is 85.3 Å². The molecule has 0 aromatic heterocycles. The number of anilines is 1. The topological polar surface area (TPSA) is 118 Å². The van der Waals surface area contributed by atoms with Crippen LogP contribution in [-0.2, 0) is 14.3 Å². The highest BCUT2D eigenvalue weighted by Gasteiger charge is 2.49. The first-order chi connectivity index (χ1) is 24.7. The fraction of sp³-hybridized carbons (Fsp3) is 0.500. The lowest BCUT2D eigenvalue weighted by molar-refractivity contribution is -0.156. The zero-order valence-corrected chi connectivity index (χ0v) is 29.7. The first kappa shape index (κ1) is 35.4. The number of ether oxygens (including phenoxy) is 2. The van der Waals surface area contributed by atoms with Gasteiger partial charge in [-0.1, -0.05) is 55.1 Å². The molecule has 2 bridgehead atoms. The summed E-state index contributed by atoms with van der Waals surface area (Å²) in [5.41, 5.74) is 2.53. The van der Waals surface area contributed by atoms with Gasteiger partial charge in [0.1, 0.15) is 17.8 Å². The number of fused-ring (bicyclic) bond motifs is 4. The van der Waals surface area contributed by atoms with Gasteiger partial charge in [0, 0.05) is 32.7 Å². The summed E-state index contributed by atoms with van der Waals surface area (Å²) in [6.45, 7) is 10.6. The van der Waals surface area contributed by atoms with Gasteiger partial charge in [-0.3, -0.25) is 19.8 Å². The Kier molecular flexibility index (Phi) is 10.6. The number of hydrogen-bond acceptors (Lipinski definition) is 9. The summed E-state index contributed by atoms with van der Waals surface area (Å²) in [5.74, 6) is 0.735.